The number of imide groups is 1. The Hall–Kier alpha value is 0.376. The zero-order valence-corrected chi connectivity index (χ0v) is 14.2. The first-order chi connectivity index (χ1) is 6.45. The average molecular weight is 255 g/mol. The van der Waals surface area contributed by atoms with Gasteiger partial charge in [0.05, 0.1) is 0 Å². The molecule has 0 spiro atoms. The van der Waals surface area contributed by atoms with E-state index in [9.17, 15) is 14.7 Å². The van der Waals surface area contributed by atoms with Gasteiger partial charge in [-0.15, -0.1) is 0 Å². The summed E-state index contributed by atoms with van der Waals surface area (Å²) in [5.41, 5.74) is -1.60. The van der Waals surface area contributed by atoms with Gasteiger partial charge in [-0.3, -0.25) is 4.90 Å². The number of nitrogens with zero attached hydrogens (tertiary/aromatic N) is 1. The fourth-order valence-electron chi connectivity index (χ4n) is 0.930. The van der Waals surface area contributed by atoms with Crippen molar-refractivity contribution in [3.8, 4) is 0 Å². The predicted octanol–water partition coefficient (Wildman–Crippen LogP) is -1.63. The van der Waals surface area contributed by atoms with E-state index in [1.807, 2.05) is 0 Å². The van der Waals surface area contributed by atoms with Gasteiger partial charge in [0, 0.05) is 5.54 Å². The van der Waals surface area contributed by atoms with Crippen LogP contribution in [0.3, 0.4) is 0 Å². The minimum atomic E-state index is -1.56. The number of carboxylic acid groups (broad SMARTS) is 1. The fourth-order valence-corrected chi connectivity index (χ4v) is 0.930. The SMILES string of the molecule is CC(C)(C)OC(=O)N(C(=O)[O-])C(C)(C)C.[K+]. The number of hydrogen-bond donors (Lipinski definition) is 0. The Morgan fingerprint density at radius 3 is 1.62 bits per heavy atom. The minimum absolute atomic E-state index is 0. The molecule has 0 bridgehead atoms. The van der Waals surface area contributed by atoms with Crippen LogP contribution in [0.2, 0.25) is 0 Å². The molecule has 0 rings (SSSR count). The van der Waals surface area contributed by atoms with Gasteiger partial charge in [0.25, 0.3) is 0 Å². The largest absolute Gasteiger partial charge is 1.00 e. The van der Waals surface area contributed by atoms with Crippen LogP contribution in [0.5, 0.6) is 0 Å². The maximum Gasteiger partial charge on any atom is 1.00 e. The topological polar surface area (TPSA) is 69.7 Å². The predicted molar refractivity (Wildman–Crippen MR) is 53.2 cm³/mol. The molecule has 5 nitrogen and oxygen atoms in total. The first-order valence-electron chi connectivity index (χ1n) is 4.69. The van der Waals surface area contributed by atoms with Crippen LogP contribution in [-0.4, -0.2) is 28.2 Å². The third kappa shape index (κ3) is 6.85. The van der Waals surface area contributed by atoms with E-state index in [0.29, 0.717) is 4.90 Å². The van der Waals surface area contributed by atoms with Gasteiger partial charge in [-0.2, -0.15) is 0 Å². The van der Waals surface area contributed by atoms with E-state index < -0.39 is 23.3 Å². The van der Waals surface area contributed by atoms with Crippen molar-refractivity contribution in [3.63, 3.8) is 0 Å². The molecule has 16 heavy (non-hydrogen) atoms. The van der Waals surface area contributed by atoms with Crippen molar-refractivity contribution < 1.29 is 70.8 Å². The van der Waals surface area contributed by atoms with Gasteiger partial charge in [0.2, 0.25) is 0 Å². The second-order valence-corrected chi connectivity index (χ2v) is 5.25. The third-order valence-corrected chi connectivity index (χ3v) is 1.43. The number of amides is 2. The Balaban J connectivity index is 0. The summed E-state index contributed by atoms with van der Waals surface area (Å²) in [6, 6.07) is 0. The van der Waals surface area contributed by atoms with Crippen LogP contribution in [0.15, 0.2) is 0 Å². The van der Waals surface area contributed by atoms with E-state index in [2.05, 4.69) is 0 Å². The zero-order chi connectivity index (χ0) is 12.4. The Bertz CT molecular complexity index is 265. The van der Waals surface area contributed by atoms with Crippen LogP contribution < -0.4 is 56.5 Å². The van der Waals surface area contributed by atoms with Crippen molar-refractivity contribution in [1.82, 2.24) is 4.90 Å². The molecule has 0 aliphatic heterocycles. The van der Waals surface area contributed by atoms with Crippen LogP contribution in [0, 0.1) is 0 Å². The van der Waals surface area contributed by atoms with Gasteiger partial charge >= 0.3 is 57.5 Å². The zero-order valence-electron chi connectivity index (χ0n) is 11.1. The second-order valence-electron chi connectivity index (χ2n) is 5.25. The molecule has 0 aromatic carbocycles. The number of carbonyl (C=O) groups excluding carboxylic acids is 2. The first kappa shape index (κ1) is 18.7. The van der Waals surface area contributed by atoms with E-state index in [4.69, 9.17) is 4.74 Å². The Morgan fingerprint density at radius 1 is 1.06 bits per heavy atom. The number of hydrogen-bond acceptors (Lipinski definition) is 4. The van der Waals surface area contributed by atoms with Crippen molar-refractivity contribution in [3.05, 3.63) is 0 Å². The summed E-state index contributed by atoms with van der Waals surface area (Å²) in [6.07, 6.45) is -2.47. The average Bonchev–Trinajstić information content (AvgIpc) is 1.74. The summed E-state index contributed by atoms with van der Waals surface area (Å²) in [5, 5.41) is 10.8. The summed E-state index contributed by atoms with van der Waals surface area (Å²) < 4.78 is 4.95. The maximum atomic E-state index is 11.5. The van der Waals surface area contributed by atoms with Crippen LogP contribution in [0.4, 0.5) is 9.59 Å². The monoisotopic (exact) mass is 255 g/mol. The molecule has 0 radical (unpaired) electrons. The number of rotatable bonds is 0. The fraction of sp³-hybridized carbons (Fsp3) is 0.800. The summed E-state index contributed by atoms with van der Waals surface area (Å²) in [6.45, 7) is 9.77. The summed E-state index contributed by atoms with van der Waals surface area (Å²) in [5.74, 6) is 0. The number of carbonyl (C=O) groups is 2. The molecule has 0 saturated carbocycles. The van der Waals surface area contributed by atoms with E-state index in [-0.39, 0.29) is 51.4 Å². The quantitative estimate of drug-likeness (QED) is 0.487. The molecular weight excluding hydrogens is 237 g/mol. The Morgan fingerprint density at radius 2 is 1.44 bits per heavy atom. The maximum absolute atomic E-state index is 11.5. The van der Waals surface area contributed by atoms with Crippen LogP contribution in [0.25, 0.3) is 0 Å². The Kier molecular flexibility index (Phi) is 7.43. The van der Waals surface area contributed by atoms with Crippen LogP contribution in [0.1, 0.15) is 41.5 Å². The molecule has 0 aliphatic carbocycles. The molecule has 2 amide bonds. The molecule has 6 heteroatoms. The van der Waals surface area contributed by atoms with Crippen LogP contribution in [-0.2, 0) is 4.74 Å². The summed E-state index contributed by atoms with van der Waals surface area (Å²) >= 11 is 0. The smallest absolute Gasteiger partial charge is 0.529 e. The second kappa shape index (κ2) is 6.35. The summed E-state index contributed by atoms with van der Waals surface area (Å²) in [4.78, 5) is 22.9. The van der Waals surface area contributed by atoms with E-state index in [1.165, 1.54) is 0 Å². The van der Waals surface area contributed by atoms with E-state index in [1.54, 1.807) is 41.5 Å². The molecule has 0 heterocycles. The molecule has 0 saturated heterocycles. The van der Waals surface area contributed by atoms with Crippen molar-refractivity contribution in [1.29, 1.82) is 0 Å². The van der Waals surface area contributed by atoms with Crippen molar-refractivity contribution >= 4 is 12.2 Å². The van der Waals surface area contributed by atoms with Crippen molar-refractivity contribution in [2.45, 2.75) is 52.7 Å². The third-order valence-electron chi connectivity index (χ3n) is 1.43. The molecule has 0 aromatic rings. The van der Waals surface area contributed by atoms with Gasteiger partial charge < -0.3 is 14.6 Å². The van der Waals surface area contributed by atoms with Gasteiger partial charge in [-0.25, -0.2) is 4.79 Å². The number of ether oxygens (including phenoxy) is 1. The van der Waals surface area contributed by atoms with Gasteiger partial charge in [-0.1, -0.05) is 0 Å². The molecule has 0 aliphatic rings. The minimum Gasteiger partial charge on any atom is -0.529 e. The molecule has 0 aromatic heterocycles. The molecular formula is C10H18KNO4. The van der Waals surface area contributed by atoms with Gasteiger partial charge in [0.1, 0.15) is 11.7 Å². The molecule has 0 N–H and O–H groups in total. The Labute approximate surface area is 139 Å². The molecule has 0 unspecified atom stereocenters. The van der Waals surface area contributed by atoms with E-state index >= 15 is 0 Å². The van der Waals surface area contributed by atoms with Crippen molar-refractivity contribution in [2.75, 3.05) is 0 Å². The van der Waals surface area contributed by atoms with E-state index in [0.717, 1.165) is 0 Å². The molecule has 88 valence electrons. The normalized spacial score (nSPS) is 11.4. The van der Waals surface area contributed by atoms with Crippen molar-refractivity contribution in [2.24, 2.45) is 0 Å². The summed E-state index contributed by atoms with van der Waals surface area (Å²) in [7, 11) is 0. The van der Waals surface area contributed by atoms with Crippen LogP contribution >= 0.6 is 0 Å². The standard InChI is InChI=1S/C10H19NO4.K/c1-9(2,3)11(7(12)13)8(14)15-10(4,5)6;/h1-6H3,(H,12,13);/q;+1/p-1. The van der Waals surface area contributed by atoms with Gasteiger partial charge in [-0.05, 0) is 41.5 Å². The molecule has 0 fully saturated rings. The van der Waals surface area contributed by atoms with Gasteiger partial charge in [0.15, 0.2) is 0 Å². The molecule has 0 atom stereocenters. The first-order valence-corrected chi connectivity index (χ1v) is 4.69.